The summed E-state index contributed by atoms with van der Waals surface area (Å²) in [5, 5.41) is 29.1. The zero-order valence-corrected chi connectivity index (χ0v) is 18.3. The largest absolute Gasteiger partial charge is 0.387 e. The monoisotopic (exact) mass is 464 g/mol. The number of nitrogens with one attached hydrogen (secondary N) is 1. The number of aryl methyl sites for hydroxylation is 1. The number of nitrogens with two attached hydrogens (primary N) is 1. The van der Waals surface area contributed by atoms with E-state index < -0.39 is 30.4 Å². The van der Waals surface area contributed by atoms with Crippen molar-refractivity contribution in [2.75, 3.05) is 12.3 Å². The topological polar surface area (TPSA) is 166 Å². The van der Waals surface area contributed by atoms with Crippen LogP contribution in [0.2, 0.25) is 0 Å². The lowest BCUT2D eigenvalue weighted by Crippen LogP contribution is -2.43. The van der Waals surface area contributed by atoms with Gasteiger partial charge in [-0.05, 0) is 30.2 Å². The number of rotatable bonds is 6. The summed E-state index contributed by atoms with van der Waals surface area (Å²) < 4.78 is 9.05. The minimum atomic E-state index is -1.43. The van der Waals surface area contributed by atoms with Crippen LogP contribution in [0.4, 0.5) is 5.82 Å². The number of aliphatic hydroxyl groups is 2. The average Bonchev–Trinajstić information content (AvgIpc) is 3.51. The maximum Gasteiger partial charge on any atom is 0.252 e. The molecule has 5 N–H and O–H groups in total. The summed E-state index contributed by atoms with van der Waals surface area (Å²) in [6, 6.07) is 5.53. The first-order valence-electron chi connectivity index (χ1n) is 10.7. The standard InChI is InChI=1S/C22H24N8O4/c1-29-9-5-14(28-29)13-10-30(20-15(13)19(23)26-11-27-20)22-17(32)16(31)18(34-22)21(33)25-8-4-12-2-6-24-7-3-12/h2-3,5-7,9-11,16-18,22,31-32H,4,8H2,1H3,(H,25,33)(H2,23,26,27)/t16-,17+,18-,22+/m0/s1. The molecule has 0 aliphatic carbocycles. The second-order valence-electron chi connectivity index (χ2n) is 8.11. The van der Waals surface area contributed by atoms with Crippen LogP contribution in [-0.2, 0) is 23.0 Å². The SMILES string of the molecule is Cn1ccc(-c2cn([C@@H]3O[C@H](C(=O)NCCc4ccncc4)[C@@H](O)[C@H]3O)c3ncnc(N)c23)n1. The fourth-order valence-corrected chi connectivity index (χ4v) is 4.14. The molecule has 1 saturated heterocycles. The summed E-state index contributed by atoms with van der Waals surface area (Å²) in [7, 11) is 1.79. The fraction of sp³-hybridized carbons (Fsp3) is 0.318. The maximum atomic E-state index is 12.7. The molecule has 12 heteroatoms. The van der Waals surface area contributed by atoms with E-state index in [9.17, 15) is 15.0 Å². The lowest BCUT2D eigenvalue weighted by atomic mass is 10.1. The summed E-state index contributed by atoms with van der Waals surface area (Å²) >= 11 is 0. The zero-order valence-electron chi connectivity index (χ0n) is 18.3. The van der Waals surface area contributed by atoms with Gasteiger partial charge in [0, 0.05) is 43.9 Å². The zero-order chi connectivity index (χ0) is 23.8. The quantitative estimate of drug-likeness (QED) is 0.302. The number of aliphatic hydroxyl groups excluding tert-OH is 2. The first-order valence-corrected chi connectivity index (χ1v) is 10.7. The molecule has 4 aromatic rings. The number of carbonyl (C=O) groups excluding carboxylic acids is 1. The Labute approximate surface area is 194 Å². The second kappa shape index (κ2) is 8.82. The number of anilines is 1. The summed E-state index contributed by atoms with van der Waals surface area (Å²) in [5.41, 5.74) is 8.81. The van der Waals surface area contributed by atoms with Gasteiger partial charge in [0.15, 0.2) is 12.3 Å². The number of hydrogen-bond acceptors (Lipinski definition) is 9. The Morgan fingerprint density at radius 2 is 2.00 bits per heavy atom. The van der Waals surface area contributed by atoms with E-state index in [1.807, 2.05) is 18.2 Å². The van der Waals surface area contributed by atoms with Crippen molar-refractivity contribution in [1.29, 1.82) is 0 Å². The van der Waals surface area contributed by atoms with E-state index in [0.29, 0.717) is 35.3 Å². The maximum absolute atomic E-state index is 12.7. The van der Waals surface area contributed by atoms with Gasteiger partial charge in [-0.1, -0.05) is 0 Å². The molecule has 0 unspecified atom stereocenters. The summed E-state index contributed by atoms with van der Waals surface area (Å²) in [6.07, 6.45) is 3.59. The van der Waals surface area contributed by atoms with Crippen LogP contribution in [0.3, 0.4) is 0 Å². The lowest BCUT2D eigenvalue weighted by Gasteiger charge is -2.17. The van der Waals surface area contributed by atoms with Crippen molar-refractivity contribution in [3.63, 3.8) is 0 Å². The molecule has 5 heterocycles. The third-order valence-corrected chi connectivity index (χ3v) is 5.86. The Bertz CT molecular complexity index is 1320. The van der Waals surface area contributed by atoms with Gasteiger partial charge >= 0.3 is 0 Å². The highest BCUT2D eigenvalue weighted by molar-refractivity contribution is 5.99. The molecular weight excluding hydrogens is 440 g/mol. The number of nitrogens with zero attached hydrogens (tertiary/aromatic N) is 6. The highest BCUT2D eigenvalue weighted by atomic mass is 16.6. The van der Waals surface area contributed by atoms with Crippen LogP contribution in [0.15, 0.2) is 49.3 Å². The van der Waals surface area contributed by atoms with Gasteiger partial charge in [-0.3, -0.25) is 14.5 Å². The molecule has 1 fully saturated rings. The molecule has 4 aromatic heterocycles. The number of fused-ring (bicyclic) bond motifs is 1. The summed E-state index contributed by atoms with van der Waals surface area (Å²) in [5.74, 6) is -0.276. The number of ether oxygens (including phenoxy) is 1. The Kier molecular flexibility index (Phi) is 5.69. The molecule has 0 aromatic carbocycles. The van der Waals surface area contributed by atoms with E-state index in [1.165, 1.54) is 6.33 Å². The highest BCUT2D eigenvalue weighted by Crippen LogP contribution is 2.37. The molecule has 176 valence electrons. The molecule has 0 radical (unpaired) electrons. The van der Waals surface area contributed by atoms with Crippen LogP contribution in [0.5, 0.6) is 0 Å². The van der Waals surface area contributed by atoms with E-state index in [1.54, 1.807) is 41.1 Å². The number of nitrogen functional groups attached to an aromatic ring is 1. The molecule has 0 spiro atoms. The normalized spacial score (nSPS) is 22.3. The Balaban J connectivity index is 1.39. The Hall–Kier alpha value is -3.87. The highest BCUT2D eigenvalue weighted by Gasteiger charge is 2.47. The predicted molar refractivity (Wildman–Crippen MR) is 121 cm³/mol. The van der Waals surface area contributed by atoms with Crippen molar-refractivity contribution >= 4 is 22.8 Å². The smallest absolute Gasteiger partial charge is 0.252 e. The van der Waals surface area contributed by atoms with Crippen molar-refractivity contribution in [2.24, 2.45) is 7.05 Å². The number of hydrogen-bond donors (Lipinski definition) is 4. The lowest BCUT2D eigenvalue weighted by molar-refractivity contribution is -0.137. The van der Waals surface area contributed by atoms with Gasteiger partial charge in [-0.15, -0.1) is 0 Å². The molecule has 12 nitrogen and oxygen atoms in total. The average molecular weight is 464 g/mol. The Morgan fingerprint density at radius 3 is 2.74 bits per heavy atom. The molecular formula is C22H24N8O4. The van der Waals surface area contributed by atoms with E-state index in [-0.39, 0.29) is 5.82 Å². The fourth-order valence-electron chi connectivity index (χ4n) is 4.14. The van der Waals surface area contributed by atoms with Crippen LogP contribution in [0.25, 0.3) is 22.3 Å². The first-order chi connectivity index (χ1) is 16.4. The van der Waals surface area contributed by atoms with Crippen LogP contribution >= 0.6 is 0 Å². The molecule has 0 saturated carbocycles. The van der Waals surface area contributed by atoms with Gasteiger partial charge < -0.3 is 30.6 Å². The molecule has 5 rings (SSSR count). The molecule has 4 atom stereocenters. The van der Waals surface area contributed by atoms with Crippen LogP contribution in [0.1, 0.15) is 11.8 Å². The third kappa shape index (κ3) is 3.87. The van der Waals surface area contributed by atoms with Gasteiger partial charge in [0.1, 0.15) is 30.0 Å². The van der Waals surface area contributed by atoms with E-state index in [2.05, 4.69) is 25.4 Å². The van der Waals surface area contributed by atoms with E-state index in [4.69, 9.17) is 10.5 Å². The van der Waals surface area contributed by atoms with Crippen molar-refractivity contribution < 1.29 is 19.7 Å². The molecule has 1 aliphatic rings. The first kappa shape index (κ1) is 21.9. The number of aromatic nitrogens is 6. The van der Waals surface area contributed by atoms with Crippen molar-refractivity contribution in [3.8, 4) is 11.3 Å². The molecule has 34 heavy (non-hydrogen) atoms. The van der Waals surface area contributed by atoms with Crippen LogP contribution in [0, 0.1) is 0 Å². The van der Waals surface area contributed by atoms with Crippen molar-refractivity contribution in [3.05, 3.63) is 54.9 Å². The van der Waals surface area contributed by atoms with Gasteiger partial charge in [0.05, 0.1) is 11.1 Å². The Morgan fingerprint density at radius 1 is 1.21 bits per heavy atom. The number of carbonyl (C=O) groups is 1. The molecule has 1 amide bonds. The minimum Gasteiger partial charge on any atom is -0.387 e. The predicted octanol–water partition coefficient (Wildman–Crippen LogP) is -0.213. The second-order valence-corrected chi connectivity index (χ2v) is 8.11. The van der Waals surface area contributed by atoms with Gasteiger partial charge in [0.25, 0.3) is 5.91 Å². The number of pyridine rings is 1. The summed E-state index contributed by atoms with van der Waals surface area (Å²) in [6.45, 7) is 0.343. The minimum absolute atomic E-state index is 0.239. The molecule has 0 bridgehead atoms. The van der Waals surface area contributed by atoms with Gasteiger partial charge in [-0.25, -0.2) is 9.97 Å². The van der Waals surface area contributed by atoms with Crippen molar-refractivity contribution in [1.82, 2.24) is 34.6 Å². The number of amides is 1. The van der Waals surface area contributed by atoms with E-state index >= 15 is 0 Å². The van der Waals surface area contributed by atoms with Crippen LogP contribution < -0.4 is 11.1 Å². The third-order valence-electron chi connectivity index (χ3n) is 5.86. The summed E-state index contributed by atoms with van der Waals surface area (Å²) in [4.78, 5) is 25.1. The van der Waals surface area contributed by atoms with Crippen LogP contribution in [-0.4, -0.2) is 70.3 Å². The van der Waals surface area contributed by atoms with Gasteiger partial charge in [-0.2, -0.15) is 5.10 Å². The van der Waals surface area contributed by atoms with Crippen molar-refractivity contribution in [2.45, 2.75) is 31.0 Å². The molecule has 1 aliphatic heterocycles. The van der Waals surface area contributed by atoms with Gasteiger partial charge in [0.2, 0.25) is 0 Å². The van der Waals surface area contributed by atoms with E-state index in [0.717, 1.165) is 5.56 Å².